The quantitative estimate of drug-likeness (QED) is 0.384. The minimum absolute atomic E-state index is 0.0759. The van der Waals surface area contributed by atoms with E-state index in [9.17, 15) is 9.59 Å². The van der Waals surface area contributed by atoms with Gasteiger partial charge in [-0.05, 0) is 60.2 Å². The van der Waals surface area contributed by atoms with E-state index in [2.05, 4.69) is 29.6 Å². The van der Waals surface area contributed by atoms with Crippen molar-refractivity contribution in [3.63, 3.8) is 0 Å². The summed E-state index contributed by atoms with van der Waals surface area (Å²) in [7, 11) is 0. The van der Waals surface area contributed by atoms with Crippen molar-refractivity contribution in [2.24, 2.45) is 0 Å². The lowest BCUT2D eigenvalue weighted by atomic mass is 10.0. The predicted molar refractivity (Wildman–Crippen MR) is 139 cm³/mol. The van der Waals surface area contributed by atoms with Gasteiger partial charge in [0.2, 0.25) is 11.8 Å². The molecule has 3 aromatic rings. The number of benzene rings is 3. The van der Waals surface area contributed by atoms with Crippen molar-refractivity contribution in [1.29, 1.82) is 0 Å². The lowest BCUT2D eigenvalue weighted by Crippen LogP contribution is -2.49. The SMILES string of the molecule is C[C@@H](C(=O)NC1CCCC1)N(Cc1ccc(Cl)cc1Cl)C(=O)CCc1cccc2ccccc12. The van der Waals surface area contributed by atoms with Crippen LogP contribution < -0.4 is 5.32 Å². The molecular weight excluding hydrogens is 467 g/mol. The highest BCUT2D eigenvalue weighted by atomic mass is 35.5. The van der Waals surface area contributed by atoms with E-state index in [0.29, 0.717) is 22.9 Å². The fraction of sp³-hybridized carbons (Fsp3) is 0.357. The summed E-state index contributed by atoms with van der Waals surface area (Å²) in [6.45, 7) is 2.05. The van der Waals surface area contributed by atoms with E-state index in [1.807, 2.05) is 24.3 Å². The molecule has 0 spiro atoms. The second-order valence-electron chi connectivity index (χ2n) is 9.06. The van der Waals surface area contributed by atoms with Crippen LogP contribution in [0, 0.1) is 0 Å². The summed E-state index contributed by atoms with van der Waals surface area (Å²) in [4.78, 5) is 28.2. The van der Waals surface area contributed by atoms with E-state index < -0.39 is 6.04 Å². The predicted octanol–water partition coefficient (Wildman–Crippen LogP) is 6.56. The third-order valence-corrected chi connectivity index (χ3v) is 7.30. The topological polar surface area (TPSA) is 49.4 Å². The molecule has 1 N–H and O–H groups in total. The fourth-order valence-corrected chi connectivity index (χ4v) is 5.17. The van der Waals surface area contributed by atoms with Gasteiger partial charge in [-0.25, -0.2) is 0 Å². The molecule has 6 heteroatoms. The van der Waals surface area contributed by atoms with Gasteiger partial charge in [0.15, 0.2) is 0 Å². The normalized spacial score (nSPS) is 14.8. The number of halogens is 2. The van der Waals surface area contributed by atoms with Crippen molar-refractivity contribution < 1.29 is 9.59 Å². The average Bonchev–Trinajstić information content (AvgIpc) is 3.34. The van der Waals surface area contributed by atoms with Crippen LogP contribution in [0.5, 0.6) is 0 Å². The highest BCUT2D eigenvalue weighted by Crippen LogP contribution is 2.25. The lowest BCUT2D eigenvalue weighted by Gasteiger charge is -2.30. The highest BCUT2D eigenvalue weighted by Gasteiger charge is 2.28. The molecule has 34 heavy (non-hydrogen) atoms. The van der Waals surface area contributed by atoms with E-state index in [-0.39, 0.29) is 24.4 Å². The lowest BCUT2D eigenvalue weighted by molar-refractivity contribution is -0.140. The van der Waals surface area contributed by atoms with Gasteiger partial charge >= 0.3 is 0 Å². The monoisotopic (exact) mass is 496 g/mol. The van der Waals surface area contributed by atoms with Gasteiger partial charge in [0, 0.05) is 29.1 Å². The van der Waals surface area contributed by atoms with Gasteiger partial charge in [-0.3, -0.25) is 9.59 Å². The van der Waals surface area contributed by atoms with E-state index >= 15 is 0 Å². The Morgan fingerprint density at radius 2 is 1.74 bits per heavy atom. The van der Waals surface area contributed by atoms with Crippen LogP contribution in [0.4, 0.5) is 0 Å². The van der Waals surface area contributed by atoms with Gasteiger partial charge in [-0.1, -0.05) is 84.6 Å². The molecule has 178 valence electrons. The maximum atomic E-state index is 13.5. The maximum Gasteiger partial charge on any atom is 0.242 e. The van der Waals surface area contributed by atoms with Crippen LogP contribution in [0.1, 0.15) is 50.2 Å². The van der Waals surface area contributed by atoms with E-state index in [1.54, 1.807) is 24.0 Å². The molecule has 0 saturated heterocycles. The van der Waals surface area contributed by atoms with Crippen LogP contribution in [-0.4, -0.2) is 28.8 Å². The van der Waals surface area contributed by atoms with Gasteiger partial charge in [0.25, 0.3) is 0 Å². The molecule has 0 bridgehead atoms. The van der Waals surface area contributed by atoms with Crippen molar-refractivity contribution in [2.45, 2.75) is 64.1 Å². The van der Waals surface area contributed by atoms with Crippen molar-refractivity contribution in [3.05, 3.63) is 81.8 Å². The fourth-order valence-electron chi connectivity index (χ4n) is 4.70. The molecule has 0 unspecified atom stereocenters. The first kappa shape index (κ1) is 24.6. The van der Waals surface area contributed by atoms with Gasteiger partial charge < -0.3 is 10.2 Å². The Bertz CT molecular complexity index is 1170. The highest BCUT2D eigenvalue weighted by molar-refractivity contribution is 6.35. The van der Waals surface area contributed by atoms with Crippen LogP contribution in [0.2, 0.25) is 10.0 Å². The Morgan fingerprint density at radius 1 is 1.00 bits per heavy atom. The average molecular weight is 497 g/mol. The van der Waals surface area contributed by atoms with E-state index in [4.69, 9.17) is 23.2 Å². The second kappa shape index (κ2) is 11.2. The molecule has 1 saturated carbocycles. The molecule has 0 aliphatic heterocycles. The zero-order chi connectivity index (χ0) is 24.1. The first-order chi connectivity index (χ1) is 16.4. The number of fused-ring (bicyclic) bond motifs is 1. The minimum atomic E-state index is -0.604. The molecule has 4 nitrogen and oxygen atoms in total. The third kappa shape index (κ3) is 5.92. The van der Waals surface area contributed by atoms with Crippen LogP contribution in [0.25, 0.3) is 10.8 Å². The molecule has 1 atom stereocenters. The van der Waals surface area contributed by atoms with Crippen LogP contribution in [-0.2, 0) is 22.6 Å². The van der Waals surface area contributed by atoms with Crippen molar-refractivity contribution in [1.82, 2.24) is 10.2 Å². The molecule has 0 heterocycles. The smallest absolute Gasteiger partial charge is 0.242 e. The Kier molecular flexibility index (Phi) is 8.12. The van der Waals surface area contributed by atoms with Gasteiger partial charge in [0.05, 0.1) is 0 Å². The summed E-state index contributed by atoms with van der Waals surface area (Å²) in [6.07, 6.45) is 5.16. The van der Waals surface area contributed by atoms with Gasteiger partial charge in [-0.15, -0.1) is 0 Å². The summed E-state index contributed by atoms with van der Waals surface area (Å²) in [5.74, 6) is -0.191. The van der Waals surface area contributed by atoms with Crippen molar-refractivity contribution in [3.8, 4) is 0 Å². The zero-order valence-corrected chi connectivity index (χ0v) is 20.9. The first-order valence-electron chi connectivity index (χ1n) is 11.9. The first-order valence-corrected chi connectivity index (χ1v) is 12.7. The summed E-state index contributed by atoms with van der Waals surface area (Å²) < 4.78 is 0. The number of nitrogens with zero attached hydrogens (tertiary/aromatic N) is 1. The Labute approximate surface area is 211 Å². The molecule has 3 aromatic carbocycles. The molecule has 1 aliphatic rings. The number of carbonyl (C=O) groups excluding carboxylic acids is 2. The Balaban J connectivity index is 1.52. The third-order valence-electron chi connectivity index (χ3n) is 6.71. The molecule has 1 aliphatic carbocycles. The number of rotatable bonds is 8. The van der Waals surface area contributed by atoms with Crippen LogP contribution in [0.3, 0.4) is 0 Å². The van der Waals surface area contributed by atoms with E-state index in [0.717, 1.165) is 47.6 Å². The van der Waals surface area contributed by atoms with Crippen molar-refractivity contribution >= 4 is 45.8 Å². The number of amides is 2. The van der Waals surface area contributed by atoms with Gasteiger partial charge in [0.1, 0.15) is 6.04 Å². The Morgan fingerprint density at radius 3 is 2.50 bits per heavy atom. The molecule has 1 fully saturated rings. The summed E-state index contributed by atoms with van der Waals surface area (Å²) in [5.41, 5.74) is 1.89. The number of carbonyl (C=O) groups is 2. The van der Waals surface area contributed by atoms with Crippen LogP contribution in [0.15, 0.2) is 60.7 Å². The van der Waals surface area contributed by atoms with E-state index in [1.165, 1.54) is 0 Å². The zero-order valence-electron chi connectivity index (χ0n) is 19.4. The number of hydrogen-bond donors (Lipinski definition) is 1. The largest absolute Gasteiger partial charge is 0.352 e. The maximum absolute atomic E-state index is 13.5. The summed E-state index contributed by atoms with van der Waals surface area (Å²) in [6, 6.07) is 19.2. The molecule has 0 aromatic heterocycles. The van der Waals surface area contributed by atoms with Crippen LogP contribution >= 0.6 is 23.2 Å². The number of nitrogens with one attached hydrogen (secondary N) is 1. The number of hydrogen-bond acceptors (Lipinski definition) is 2. The molecule has 0 radical (unpaired) electrons. The molecule has 2 amide bonds. The molecular formula is C28H30Cl2N2O2. The second-order valence-corrected chi connectivity index (χ2v) is 9.91. The van der Waals surface area contributed by atoms with Crippen molar-refractivity contribution in [2.75, 3.05) is 0 Å². The molecule has 4 rings (SSSR count). The number of aryl methyl sites for hydroxylation is 1. The summed E-state index contributed by atoms with van der Waals surface area (Å²) >= 11 is 12.5. The standard InChI is InChI=1S/C28H30Cl2N2O2/c1-19(28(34)31-24-10-3-4-11-24)32(18-22-13-15-23(29)17-26(22)30)27(33)16-14-21-9-6-8-20-7-2-5-12-25(20)21/h2,5-9,12-13,15,17,19,24H,3-4,10-11,14,16,18H2,1H3,(H,31,34)/t19-/m0/s1. The summed E-state index contributed by atoms with van der Waals surface area (Å²) in [5, 5.41) is 6.46. The minimum Gasteiger partial charge on any atom is -0.352 e. The van der Waals surface area contributed by atoms with Gasteiger partial charge in [-0.2, -0.15) is 0 Å². The Hall–Kier alpha value is -2.56.